The first-order valence-corrected chi connectivity index (χ1v) is 8.28. The molecule has 1 heterocycles. The van der Waals surface area contributed by atoms with E-state index in [1.165, 1.54) is 12.1 Å². The molecule has 1 aromatic heterocycles. The van der Waals surface area contributed by atoms with Gasteiger partial charge >= 0.3 is 0 Å². The van der Waals surface area contributed by atoms with Crippen LogP contribution in [0.5, 0.6) is 0 Å². The molecule has 2 aromatic carbocycles. The third kappa shape index (κ3) is 2.82. The second-order valence-electron chi connectivity index (χ2n) is 5.96. The topological polar surface area (TPSA) is 73.3 Å². The zero-order chi connectivity index (χ0) is 18.3. The molecule has 0 unspecified atom stereocenters. The van der Waals surface area contributed by atoms with Crippen molar-refractivity contribution in [3.63, 3.8) is 0 Å². The molecule has 1 aliphatic rings. The smallest absolute Gasteiger partial charge is 0.270 e. The van der Waals surface area contributed by atoms with Gasteiger partial charge in [-0.25, -0.2) is 0 Å². The Morgan fingerprint density at radius 1 is 1.08 bits per heavy atom. The molecule has 5 nitrogen and oxygen atoms in total. The molecule has 0 bridgehead atoms. The number of hydrogen-bond donors (Lipinski definition) is 0. The molecule has 0 saturated carbocycles. The van der Waals surface area contributed by atoms with Gasteiger partial charge in [0.05, 0.1) is 9.95 Å². The quantitative estimate of drug-likeness (QED) is 0.357. The maximum atomic E-state index is 12.4. The minimum atomic E-state index is -0.503. The Labute approximate surface area is 153 Å². The van der Waals surface area contributed by atoms with Crippen LogP contribution in [0.2, 0.25) is 5.02 Å². The fourth-order valence-electron chi connectivity index (χ4n) is 3.04. The number of non-ortho nitro benzene ring substituents is 1. The molecule has 3 aromatic rings. The molecule has 0 saturated heterocycles. The minimum Gasteiger partial charge on any atom is -0.457 e. The van der Waals surface area contributed by atoms with Gasteiger partial charge in [-0.15, -0.1) is 0 Å². The fourth-order valence-corrected chi connectivity index (χ4v) is 3.30. The summed E-state index contributed by atoms with van der Waals surface area (Å²) >= 11 is 6.14. The molecule has 1 aliphatic carbocycles. The number of carbonyl (C=O) groups excluding carboxylic acids is 1. The second kappa shape index (κ2) is 6.28. The maximum absolute atomic E-state index is 12.4. The summed E-state index contributed by atoms with van der Waals surface area (Å²) < 4.78 is 5.78. The third-order valence-electron chi connectivity index (χ3n) is 4.31. The number of rotatable bonds is 3. The second-order valence-corrected chi connectivity index (χ2v) is 6.36. The highest BCUT2D eigenvalue weighted by molar-refractivity contribution is 6.33. The number of nitro benzene ring substituents is 1. The first-order chi connectivity index (χ1) is 12.5. The molecule has 26 heavy (non-hydrogen) atoms. The number of hydrogen-bond acceptors (Lipinski definition) is 4. The monoisotopic (exact) mass is 365 g/mol. The van der Waals surface area contributed by atoms with Gasteiger partial charge in [0.15, 0.2) is 5.78 Å². The van der Waals surface area contributed by atoms with Crippen molar-refractivity contribution in [3.8, 4) is 11.3 Å². The third-order valence-corrected chi connectivity index (χ3v) is 4.62. The van der Waals surface area contributed by atoms with Gasteiger partial charge in [0.1, 0.15) is 11.5 Å². The van der Waals surface area contributed by atoms with Crippen molar-refractivity contribution in [2.45, 2.75) is 6.42 Å². The summed E-state index contributed by atoms with van der Waals surface area (Å²) in [7, 11) is 0. The number of nitro groups is 1. The highest BCUT2D eigenvalue weighted by atomic mass is 35.5. The van der Waals surface area contributed by atoms with Crippen molar-refractivity contribution in [3.05, 3.63) is 92.2 Å². The first kappa shape index (κ1) is 16.3. The predicted molar refractivity (Wildman–Crippen MR) is 98.3 cm³/mol. The highest BCUT2D eigenvalue weighted by Crippen LogP contribution is 2.33. The molecule has 6 heteroatoms. The minimum absolute atomic E-state index is 0.00641. The molecule has 0 amide bonds. The van der Waals surface area contributed by atoms with Gasteiger partial charge in [0, 0.05) is 35.3 Å². The van der Waals surface area contributed by atoms with Crippen molar-refractivity contribution in [1.29, 1.82) is 0 Å². The number of halogens is 1. The molecular formula is C20H12ClNO4. The number of allylic oxidation sites excluding steroid dienone is 1. The summed E-state index contributed by atoms with van der Waals surface area (Å²) in [4.78, 5) is 22.7. The standard InChI is InChI=1S/C20H12ClNO4/c21-18-11-14(22(24)25)5-7-17(18)19-8-6-15(26-19)10-13-9-12-3-1-2-4-16(12)20(13)23/h1-8,10-11H,9H2/b13-10+. The van der Waals surface area contributed by atoms with Crippen LogP contribution in [0.3, 0.4) is 0 Å². The van der Waals surface area contributed by atoms with Gasteiger partial charge in [-0.2, -0.15) is 0 Å². The summed E-state index contributed by atoms with van der Waals surface area (Å²) in [5, 5.41) is 11.0. The summed E-state index contributed by atoms with van der Waals surface area (Å²) in [5.41, 5.74) is 2.88. The van der Waals surface area contributed by atoms with Crippen LogP contribution in [0.15, 0.2) is 64.6 Å². The van der Waals surface area contributed by atoms with Crippen molar-refractivity contribution >= 4 is 29.1 Å². The van der Waals surface area contributed by atoms with Crippen LogP contribution in [-0.4, -0.2) is 10.7 Å². The van der Waals surface area contributed by atoms with Gasteiger partial charge in [-0.1, -0.05) is 35.9 Å². The van der Waals surface area contributed by atoms with E-state index in [0.717, 1.165) is 11.1 Å². The molecule has 0 fully saturated rings. The normalized spacial score (nSPS) is 14.7. The lowest BCUT2D eigenvalue weighted by atomic mass is 10.1. The zero-order valence-electron chi connectivity index (χ0n) is 13.4. The number of benzene rings is 2. The first-order valence-electron chi connectivity index (χ1n) is 7.90. The molecular weight excluding hydrogens is 354 g/mol. The Hall–Kier alpha value is -3.18. The number of carbonyl (C=O) groups is 1. The molecule has 128 valence electrons. The number of ketones is 1. The number of furan rings is 1. The fraction of sp³-hybridized carbons (Fsp3) is 0.0500. The van der Waals surface area contributed by atoms with Crippen LogP contribution in [0.1, 0.15) is 21.7 Å². The molecule has 0 radical (unpaired) electrons. The summed E-state index contributed by atoms with van der Waals surface area (Å²) in [6, 6.07) is 15.2. The van der Waals surface area contributed by atoms with E-state index in [0.29, 0.717) is 29.1 Å². The Morgan fingerprint density at radius 2 is 1.88 bits per heavy atom. The lowest BCUT2D eigenvalue weighted by molar-refractivity contribution is -0.384. The maximum Gasteiger partial charge on any atom is 0.270 e. The van der Waals surface area contributed by atoms with Crippen LogP contribution in [0, 0.1) is 10.1 Å². The molecule has 0 N–H and O–H groups in total. The van der Waals surface area contributed by atoms with E-state index < -0.39 is 4.92 Å². The summed E-state index contributed by atoms with van der Waals surface area (Å²) in [6.45, 7) is 0. The van der Waals surface area contributed by atoms with E-state index >= 15 is 0 Å². The highest BCUT2D eigenvalue weighted by Gasteiger charge is 2.24. The number of fused-ring (bicyclic) bond motifs is 1. The van der Waals surface area contributed by atoms with E-state index in [-0.39, 0.29) is 16.5 Å². The number of Topliss-reactive ketones (excluding diaryl/α,β-unsaturated/α-hetero) is 1. The van der Waals surface area contributed by atoms with Crippen LogP contribution >= 0.6 is 11.6 Å². The summed E-state index contributed by atoms with van der Waals surface area (Å²) in [6.07, 6.45) is 2.30. The van der Waals surface area contributed by atoms with Crippen LogP contribution in [0.25, 0.3) is 17.4 Å². The van der Waals surface area contributed by atoms with Crippen LogP contribution in [-0.2, 0) is 6.42 Å². The van der Waals surface area contributed by atoms with Gasteiger partial charge in [0.2, 0.25) is 0 Å². The van der Waals surface area contributed by atoms with Gasteiger partial charge in [-0.05, 0) is 29.8 Å². The SMILES string of the molecule is O=C1/C(=C/c2ccc(-c3ccc([N+](=O)[O-])cc3Cl)o2)Cc2ccccc21. The van der Waals surface area contributed by atoms with E-state index in [1.54, 1.807) is 24.3 Å². The van der Waals surface area contributed by atoms with Crippen molar-refractivity contribution in [1.82, 2.24) is 0 Å². The summed E-state index contributed by atoms with van der Waals surface area (Å²) in [5.74, 6) is 1.03. The van der Waals surface area contributed by atoms with E-state index in [1.807, 2.05) is 24.3 Å². The molecule has 4 rings (SSSR count). The van der Waals surface area contributed by atoms with Crippen molar-refractivity contribution < 1.29 is 14.1 Å². The van der Waals surface area contributed by atoms with Gasteiger partial charge in [0.25, 0.3) is 5.69 Å². The Bertz CT molecular complexity index is 1080. The average molecular weight is 366 g/mol. The van der Waals surface area contributed by atoms with E-state index in [2.05, 4.69) is 0 Å². The Kier molecular flexibility index (Phi) is 3.93. The van der Waals surface area contributed by atoms with Crippen molar-refractivity contribution in [2.75, 3.05) is 0 Å². The van der Waals surface area contributed by atoms with E-state index in [4.69, 9.17) is 16.0 Å². The van der Waals surface area contributed by atoms with Crippen molar-refractivity contribution in [2.24, 2.45) is 0 Å². The largest absolute Gasteiger partial charge is 0.457 e. The average Bonchev–Trinajstić information content (AvgIpc) is 3.21. The molecule has 0 atom stereocenters. The molecule has 0 aliphatic heterocycles. The molecule has 0 spiro atoms. The zero-order valence-corrected chi connectivity index (χ0v) is 14.2. The van der Waals surface area contributed by atoms with Crippen LogP contribution in [0.4, 0.5) is 5.69 Å². The predicted octanol–water partition coefficient (Wildman–Crippen LogP) is 5.33. The lowest BCUT2D eigenvalue weighted by Gasteiger charge is -2.00. The van der Waals surface area contributed by atoms with E-state index in [9.17, 15) is 14.9 Å². The number of nitrogens with zero attached hydrogens (tertiary/aromatic N) is 1. The van der Waals surface area contributed by atoms with Gasteiger partial charge in [-0.3, -0.25) is 14.9 Å². The van der Waals surface area contributed by atoms with Gasteiger partial charge < -0.3 is 4.42 Å². The Morgan fingerprint density at radius 3 is 2.62 bits per heavy atom. The van der Waals surface area contributed by atoms with Crippen LogP contribution < -0.4 is 0 Å². The lowest BCUT2D eigenvalue weighted by Crippen LogP contribution is -1.94. The Balaban J connectivity index is 1.64.